The summed E-state index contributed by atoms with van der Waals surface area (Å²) in [7, 11) is 0. The molecule has 1 aromatic heterocycles. The van der Waals surface area contributed by atoms with E-state index >= 15 is 0 Å². The fourth-order valence-electron chi connectivity index (χ4n) is 3.76. The van der Waals surface area contributed by atoms with Gasteiger partial charge in [0, 0.05) is 30.8 Å². The molecular weight excluding hydrogens is 368 g/mol. The van der Waals surface area contributed by atoms with Crippen molar-refractivity contribution < 1.29 is 4.79 Å². The van der Waals surface area contributed by atoms with Crippen molar-refractivity contribution >= 4 is 5.78 Å². The molecule has 164 valence electrons. The zero-order valence-electron chi connectivity index (χ0n) is 19.4. The van der Waals surface area contributed by atoms with E-state index in [-0.39, 0.29) is 11.2 Å². The van der Waals surface area contributed by atoms with Crippen molar-refractivity contribution in [1.29, 1.82) is 0 Å². The van der Waals surface area contributed by atoms with Crippen molar-refractivity contribution in [3.8, 4) is 0 Å². The molecule has 3 heteroatoms. The van der Waals surface area contributed by atoms with E-state index in [4.69, 9.17) is 5.73 Å². The summed E-state index contributed by atoms with van der Waals surface area (Å²) in [5, 5.41) is 0. The molecule has 2 unspecified atom stereocenters. The molecule has 30 heavy (non-hydrogen) atoms. The van der Waals surface area contributed by atoms with Gasteiger partial charge in [-0.1, -0.05) is 70.9 Å². The molecule has 1 aromatic carbocycles. The van der Waals surface area contributed by atoms with Crippen LogP contribution in [-0.4, -0.2) is 16.8 Å². The number of aryl methyl sites for hydroxylation is 1. The Kier molecular flexibility index (Phi) is 9.71. The quantitative estimate of drug-likeness (QED) is 0.614. The lowest BCUT2D eigenvalue weighted by molar-refractivity contribution is -0.118. The van der Waals surface area contributed by atoms with Gasteiger partial charge in [-0.15, -0.1) is 0 Å². The van der Waals surface area contributed by atoms with Crippen LogP contribution in [0.4, 0.5) is 0 Å². The third-order valence-electron chi connectivity index (χ3n) is 5.92. The Balaban J connectivity index is 0.000000297. The molecule has 1 aliphatic carbocycles. The summed E-state index contributed by atoms with van der Waals surface area (Å²) in [6.07, 6.45) is 10.1. The average Bonchev–Trinajstić information content (AvgIpc) is 2.90. The lowest BCUT2D eigenvalue weighted by atomic mass is 9.86. The Morgan fingerprint density at radius 2 is 1.77 bits per heavy atom. The number of ketones is 1. The molecule has 3 nitrogen and oxygen atoms in total. The first-order chi connectivity index (χ1) is 14.2. The van der Waals surface area contributed by atoms with Crippen LogP contribution in [0.3, 0.4) is 0 Å². The van der Waals surface area contributed by atoms with Gasteiger partial charge >= 0.3 is 0 Å². The van der Waals surface area contributed by atoms with Crippen molar-refractivity contribution in [2.45, 2.75) is 90.5 Å². The minimum Gasteiger partial charge on any atom is -0.328 e. The fourth-order valence-corrected chi connectivity index (χ4v) is 3.76. The Hall–Kier alpha value is -2.00. The van der Waals surface area contributed by atoms with Gasteiger partial charge in [0.2, 0.25) is 0 Å². The molecule has 0 radical (unpaired) electrons. The number of rotatable bonds is 5. The highest BCUT2D eigenvalue weighted by Gasteiger charge is 2.13. The van der Waals surface area contributed by atoms with Crippen LogP contribution in [0.5, 0.6) is 0 Å². The van der Waals surface area contributed by atoms with Crippen LogP contribution in [0.15, 0.2) is 48.7 Å². The van der Waals surface area contributed by atoms with Gasteiger partial charge in [0.1, 0.15) is 5.78 Å². The molecule has 2 atom stereocenters. The monoisotopic (exact) mass is 408 g/mol. The van der Waals surface area contributed by atoms with Crippen molar-refractivity contribution in [1.82, 2.24) is 4.98 Å². The predicted molar refractivity (Wildman–Crippen MR) is 127 cm³/mol. The molecule has 1 saturated carbocycles. The van der Waals surface area contributed by atoms with Crippen LogP contribution >= 0.6 is 0 Å². The number of nitrogens with two attached hydrogens (primary N) is 1. The molecule has 0 spiro atoms. The second-order valence-corrected chi connectivity index (χ2v) is 9.86. The SMILES string of the molecule is CC(C)(C)c1ccc(CCC(=O)Cc2ccccn2)cc1.CC1CCCC(N)CC1. The molecule has 0 amide bonds. The summed E-state index contributed by atoms with van der Waals surface area (Å²) in [6, 6.07) is 14.8. The lowest BCUT2D eigenvalue weighted by Gasteiger charge is -2.19. The maximum absolute atomic E-state index is 12.0. The molecule has 1 heterocycles. The normalized spacial score (nSPS) is 19.4. The van der Waals surface area contributed by atoms with Gasteiger partial charge < -0.3 is 5.73 Å². The molecule has 0 bridgehead atoms. The van der Waals surface area contributed by atoms with Gasteiger partial charge in [-0.25, -0.2) is 0 Å². The van der Waals surface area contributed by atoms with Crippen LogP contribution in [0.2, 0.25) is 0 Å². The third-order valence-corrected chi connectivity index (χ3v) is 5.92. The highest BCUT2D eigenvalue weighted by molar-refractivity contribution is 5.80. The number of hydrogen-bond donors (Lipinski definition) is 1. The van der Waals surface area contributed by atoms with E-state index in [0.717, 1.165) is 18.0 Å². The van der Waals surface area contributed by atoms with Crippen LogP contribution in [0.25, 0.3) is 0 Å². The summed E-state index contributed by atoms with van der Waals surface area (Å²) >= 11 is 0. The van der Waals surface area contributed by atoms with Crippen LogP contribution in [0, 0.1) is 5.92 Å². The highest BCUT2D eigenvalue weighted by atomic mass is 16.1. The first kappa shape index (κ1) is 24.3. The van der Waals surface area contributed by atoms with Crippen LogP contribution < -0.4 is 5.73 Å². The molecular formula is C27H40N2O. The van der Waals surface area contributed by atoms with Gasteiger partial charge in [0.25, 0.3) is 0 Å². The van der Waals surface area contributed by atoms with Crippen molar-refractivity contribution in [2.75, 3.05) is 0 Å². The van der Waals surface area contributed by atoms with Crippen molar-refractivity contribution in [3.63, 3.8) is 0 Å². The summed E-state index contributed by atoms with van der Waals surface area (Å²) in [6.45, 7) is 8.95. The second kappa shape index (κ2) is 12.0. The van der Waals surface area contributed by atoms with E-state index in [1.807, 2.05) is 18.2 Å². The summed E-state index contributed by atoms with van der Waals surface area (Å²) in [4.78, 5) is 16.2. The van der Waals surface area contributed by atoms with E-state index in [1.54, 1.807) is 6.20 Å². The largest absolute Gasteiger partial charge is 0.328 e. The lowest BCUT2D eigenvalue weighted by Crippen LogP contribution is -2.17. The zero-order chi connectivity index (χ0) is 22.0. The van der Waals surface area contributed by atoms with E-state index in [0.29, 0.717) is 18.9 Å². The fraction of sp³-hybridized carbons (Fsp3) is 0.556. The average molecular weight is 409 g/mol. The third kappa shape index (κ3) is 9.21. The van der Waals surface area contributed by atoms with Gasteiger partial charge in [-0.2, -0.15) is 0 Å². The number of carbonyl (C=O) groups excluding carboxylic acids is 1. The standard InChI is InChI=1S/C19H23NO.C8H17N/c1-19(2,3)16-10-7-15(8-11-16)9-12-18(21)14-17-6-4-5-13-20-17;1-7-3-2-4-8(9)6-5-7/h4-8,10-11,13H,9,12,14H2,1-3H3;7-8H,2-6,9H2,1H3. The summed E-state index contributed by atoms with van der Waals surface area (Å²) in [5.74, 6) is 1.17. The smallest absolute Gasteiger partial charge is 0.139 e. The molecule has 0 saturated heterocycles. The van der Waals surface area contributed by atoms with Crippen LogP contribution in [0.1, 0.15) is 83.0 Å². The number of carbonyl (C=O) groups is 1. The van der Waals surface area contributed by atoms with Gasteiger partial charge in [-0.05, 0) is 60.3 Å². The van der Waals surface area contributed by atoms with Gasteiger partial charge in [0.05, 0.1) is 0 Å². The number of aromatic nitrogens is 1. The number of benzene rings is 1. The zero-order valence-corrected chi connectivity index (χ0v) is 19.4. The number of pyridine rings is 1. The Labute approximate surface area is 183 Å². The van der Waals surface area contributed by atoms with Gasteiger partial charge in [0.15, 0.2) is 0 Å². The molecule has 1 fully saturated rings. The Bertz CT molecular complexity index is 737. The maximum atomic E-state index is 12.0. The molecule has 0 aliphatic heterocycles. The number of nitrogens with zero attached hydrogens (tertiary/aromatic N) is 1. The molecule has 1 aliphatic rings. The van der Waals surface area contributed by atoms with E-state index < -0.39 is 0 Å². The van der Waals surface area contributed by atoms with Crippen LogP contribution in [-0.2, 0) is 23.1 Å². The second-order valence-electron chi connectivity index (χ2n) is 9.86. The summed E-state index contributed by atoms with van der Waals surface area (Å²) in [5.41, 5.74) is 9.37. The highest BCUT2D eigenvalue weighted by Crippen LogP contribution is 2.23. The van der Waals surface area contributed by atoms with Crippen molar-refractivity contribution in [3.05, 3.63) is 65.5 Å². The van der Waals surface area contributed by atoms with E-state index in [2.05, 4.69) is 56.9 Å². The van der Waals surface area contributed by atoms with E-state index in [1.165, 1.54) is 43.2 Å². The number of Topliss-reactive ketones (excluding diaryl/α,β-unsaturated/α-hetero) is 1. The minimum atomic E-state index is 0.174. The van der Waals surface area contributed by atoms with Crippen molar-refractivity contribution in [2.24, 2.45) is 11.7 Å². The number of hydrogen-bond acceptors (Lipinski definition) is 3. The molecule has 2 aromatic rings. The molecule has 2 N–H and O–H groups in total. The Morgan fingerprint density at radius 1 is 1.03 bits per heavy atom. The maximum Gasteiger partial charge on any atom is 0.139 e. The summed E-state index contributed by atoms with van der Waals surface area (Å²) < 4.78 is 0. The first-order valence-corrected chi connectivity index (χ1v) is 11.5. The minimum absolute atomic E-state index is 0.174. The topological polar surface area (TPSA) is 56.0 Å². The van der Waals surface area contributed by atoms with Gasteiger partial charge in [-0.3, -0.25) is 9.78 Å². The Morgan fingerprint density at radius 3 is 2.40 bits per heavy atom. The predicted octanol–water partition coefficient (Wildman–Crippen LogP) is 6.04. The first-order valence-electron chi connectivity index (χ1n) is 11.5. The van der Waals surface area contributed by atoms with E-state index in [9.17, 15) is 4.79 Å². The molecule has 3 rings (SSSR count).